The molecule has 1 aromatic heterocycles. The van der Waals surface area contributed by atoms with Crippen LogP contribution in [0.4, 0.5) is 0 Å². The molecule has 6 heteroatoms. The van der Waals surface area contributed by atoms with Crippen LogP contribution in [0, 0.1) is 0 Å². The fourth-order valence-electron chi connectivity index (χ4n) is 2.22. The minimum absolute atomic E-state index is 0.716. The lowest BCUT2D eigenvalue weighted by atomic mass is 10.2. The molecule has 0 aliphatic rings. The monoisotopic (exact) mass is 363 g/mol. The van der Waals surface area contributed by atoms with Gasteiger partial charge in [-0.2, -0.15) is 0 Å². The summed E-state index contributed by atoms with van der Waals surface area (Å²) in [6.07, 6.45) is 0. The van der Waals surface area contributed by atoms with Gasteiger partial charge in [-0.1, -0.05) is 47.1 Å². The molecule has 0 bridgehead atoms. The molecule has 3 rings (SSSR count). The van der Waals surface area contributed by atoms with Gasteiger partial charge < -0.3 is 4.57 Å². The van der Waals surface area contributed by atoms with E-state index in [4.69, 9.17) is 23.2 Å². The average Bonchev–Trinajstić information content (AvgIpc) is 2.98. The van der Waals surface area contributed by atoms with Crippen LogP contribution < -0.4 is 0 Å². The fourth-order valence-corrected chi connectivity index (χ4v) is 3.43. The number of benzene rings is 2. The minimum atomic E-state index is 0.716. The zero-order chi connectivity index (χ0) is 16.2. The molecule has 0 saturated carbocycles. The van der Waals surface area contributed by atoms with Crippen LogP contribution in [0.2, 0.25) is 10.0 Å². The molecule has 118 valence electrons. The Morgan fingerprint density at radius 1 is 0.913 bits per heavy atom. The Morgan fingerprint density at radius 3 is 2.13 bits per heavy atom. The number of hydrogen-bond donors (Lipinski definition) is 0. The maximum atomic E-state index is 5.95. The Labute approximate surface area is 149 Å². The number of rotatable bonds is 5. The number of nitrogens with zero attached hydrogens (tertiary/aromatic N) is 3. The average molecular weight is 364 g/mol. The first-order valence-electron chi connectivity index (χ1n) is 7.23. The van der Waals surface area contributed by atoms with Crippen LogP contribution in [0.1, 0.15) is 12.5 Å². The Balaban J connectivity index is 1.80. The SMILES string of the molecule is CCn1c(SCc2ccc(Cl)cc2)nnc1-c1ccc(Cl)cc1. The van der Waals surface area contributed by atoms with Crippen molar-refractivity contribution in [3.05, 3.63) is 64.1 Å². The van der Waals surface area contributed by atoms with Crippen LogP contribution in [0.15, 0.2) is 53.7 Å². The van der Waals surface area contributed by atoms with Crippen LogP contribution in [0.5, 0.6) is 0 Å². The van der Waals surface area contributed by atoms with Crippen molar-refractivity contribution in [1.29, 1.82) is 0 Å². The maximum absolute atomic E-state index is 5.95. The first-order chi connectivity index (χ1) is 11.2. The molecular weight excluding hydrogens is 349 g/mol. The molecule has 0 unspecified atom stereocenters. The van der Waals surface area contributed by atoms with Crippen molar-refractivity contribution in [3.63, 3.8) is 0 Å². The predicted octanol–water partition coefficient (Wildman–Crippen LogP) is 5.56. The summed E-state index contributed by atoms with van der Waals surface area (Å²) in [5.41, 5.74) is 2.22. The highest BCUT2D eigenvalue weighted by molar-refractivity contribution is 7.98. The van der Waals surface area contributed by atoms with E-state index in [1.807, 2.05) is 48.5 Å². The Hall–Kier alpha value is -1.49. The molecule has 3 aromatic rings. The molecule has 0 fully saturated rings. The van der Waals surface area contributed by atoms with E-state index < -0.39 is 0 Å². The molecule has 23 heavy (non-hydrogen) atoms. The third-order valence-corrected chi connectivity index (χ3v) is 4.96. The van der Waals surface area contributed by atoms with Gasteiger partial charge >= 0.3 is 0 Å². The second kappa shape index (κ2) is 7.39. The van der Waals surface area contributed by atoms with E-state index in [2.05, 4.69) is 21.7 Å². The van der Waals surface area contributed by atoms with Crippen molar-refractivity contribution in [2.24, 2.45) is 0 Å². The lowest BCUT2D eigenvalue weighted by Gasteiger charge is -2.07. The van der Waals surface area contributed by atoms with Gasteiger partial charge in [0.05, 0.1) is 0 Å². The topological polar surface area (TPSA) is 30.7 Å². The lowest BCUT2D eigenvalue weighted by molar-refractivity contribution is 0.687. The summed E-state index contributed by atoms with van der Waals surface area (Å²) >= 11 is 13.5. The van der Waals surface area contributed by atoms with Gasteiger partial charge in [0.15, 0.2) is 11.0 Å². The summed E-state index contributed by atoms with van der Waals surface area (Å²) in [7, 11) is 0. The predicted molar refractivity (Wildman–Crippen MR) is 97.2 cm³/mol. The maximum Gasteiger partial charge on any atom is 0.191 e. The number of halogens is 2. The van der Waals surface area contributed by atoms with Gasteiger partial charge in [0.2, 0.25) is 0 Å². The van der Waals surface area contributed by atoms with Crippen molar-refractivity contribution in [3.8, 4) is 11.4 Å². The summed E-state index contributed by atoms with van der Waals surface area (Å²) in [5.74, 6) is 1.69. The van der Waals surface area contributed by atoms with Crippen LogP contribution in [-0.2, 0) is 12.3 Å². The lowest BCUT2D eigenvalue weighted by Crippen LogP contribution is -1.99. The second-order valence-electron chi connectivity index (χ2n) is 4.97. The highest BCUT2D eigenvalue weighted by Gasteiger charge is 2.13. The van der Waals surface area contributed by atoms with Gasteiger partial charge in [-0.05, 0) is 48.9 Å². The van der Waals surface area contributed by atoms with E-state index in [0.717, 1.165) is 33.9 Å². The molecule has 2 aromatic carbocycles. The van der Waals surface area contributed by atoms with E-state index in [-0.39, 0.29) is 0 Å². The van der Waals surface area contributed by atoms with Gasteiger partial charge in [-0.25, -0.2) is 0 Å². The van der Waals surface area contributed by atoms with E-state index in [9.17, 15) is 0 Å². The molecule has 0 amide bonds. The van der Waals surface area contributed by atoms with Crippen molar-refractivity contribution in [2.45, 2.75) is 24.4 Å². The van der Waals surface area contributed by atoms with Crippen molar-refractivity contribution in [2.75, 3.05) is 0 Å². The zero-order valence-electron chi connectivity index (χ0n) is 12.5. The quantitative estimate of drug-likeness (QED) is 0.555. The molecule has 0 aliphatic heterocycles. The Bertz CT molecular complexity index is 783. The van der Waals surface area contributed by atoms with Crippen LogP contribution in [0.3, 0.4) is 0 Å². The first-order valence-corrected chi connectivity index (χ1v) is 8.98. The normalized spacial score (nSPS) is 10.9. The first kappa shape index (κ1) is 16.4. The van der Waals surface area contributed by atoms with Gasteiger partial charge in [-0.3, -0.25) is 0 Å². The molecule has 0 saturated heterocycles. The van der Waals surface area contributed by atoms with E-state index >= 15 is 0 Å². The summed E-state index contributed by atoms with van der Waals surface area (Å²) in [5, 5.41) is 11.1. The van der Waals surface area contributed by atoms with Crippen LogP contribution >= 0.6 is 35.0 Å². The molecule has 0 atom stereocenters. The van der Waals surface area contributed by atoms with E-state index in [1.165, 1.54) is 5.56 Å². The third kappa shape index (κ3) is 3.89. The largest absolute Gasteiger partial charge is 0.302 e. The van der Waals surface area contributed by atoms with Gasteiger partial charge in [0, 0.05) is 27.9 Å². The van der Waals surface area contributed by atoms with Crippen LogP contribution in [0.25, 0.3) is 11.4 Å². The summed E-state index contributed by atoms with van der Waals surface area (Å²) in [6, 6.07) is 15.5. The van der Waals surface area contributed by atoms with E-state index in [0.29, 0.717) is 5.02 Å². The minimum Gasteiger partial charge on any atom is -0.302 e. The van der Waals surface area contributed by atoms with Gasteiger partial charge in [0.25, 0.3) is 0 Å². The molecule has 0 radical (unpaired) electrons. The highest BCUT2D eigenvalue weighted by atomic mass is 35.5. The standard InChI is InChI=1S/C17H15Cl2N3S/c1-2-22-16(13-5-9-15(19)10-6-13)20-21-17(22)23-11-12-3-7-14(18)8-4-12/h3-10H,2,11H2,1H3. The fraction of sp³-hybridized carbons (Fsp3) is 0.176. The Morgan fingerprint density at radius 2 is 1.52 bits per heavy atom. The molecular formula is C17H15Cl2N3S. The van der Waals surface area contributed by atoms with Crippen molar-refractivity contribution >= 4 is 35.0 Å². The zero-order valence-corrected chi connectivity index (χ0v) is 14.9. The third-order valence-electron chi connectivity index (χ3n) is 3.42. The Kier molecular flexibility index (Phi) is 5.26. The van der Waals surface area contributed by atoms with Crippen molar-refractivity contribution in [1.82, 2.24) is 14.8 Å². The molecule has 0 aliphatic carbocycles. The second-order valence-corrected chi connectivity index (χ2v) is 6.79. The molecule has 1 heterocycles. The van der Waals surface area contributed by atoms with Gasteiger partial charge in [-0.15, -0.1) is 10.2 Å². The molecule has 0 spiro atoms. The molecule has 0 N–H and O–H groups in total. The summed E-state index contributed by atoms with van der Waals surface area (Å²) in [4.78, 5) is 0. The number of thioether (sulfide) groups is 1. The summed E-state index contributed by atoms with van der Waals surface area (Å²) in [6.45, 7) is 2.91. The number of hydrogen-bond acceptors (Lipinski definition) is 3. The van der Waals surface area contributed by atoms with Crippen molar-refractivity contribution < 1.29 is 0 Å². The van der Waals surface area contributed by atoms with Gasteiger partial charge in [0.1, 0.15) is 0 Å². The van der Waals surface area contributed by atoms with E-state index in [1.54, 1.807) is 11.8 Å². The smallest absolute Gasteiger partial charge is 0.191 e. The highest BCUT2D eigenvalue weighted by Crippen LogP contribution is 2.27. The van der Waals surface area contributed by atoms with Crippen LogP contribution in [-0.4, -0.2) is 14.8 Å². The molecule has 3 nitrogen and oxygen atoms in total. The summed E-state index contributed by atoms with van der Waals surface area (Å²) < 4.78 is 2.11. The number of aromatic nitrogens is 3.